The summed E-state index contributed by atoms with van der Waals surface area (Å²) in [4.78, 5) is 11.1. The van der Waals surface area contributed by atoms with Gasteiger partial charge in [0.05, 0.1) is 18.6 Å². The van der Waals surface area contributed by atoms with Crippen LogP contribution in [0.4, 0.5) is 13.2 Å². The summed E-state index contributed by atoms with van der Waals surface area (Å²) in [7, 11) is 1.05. The zero-order valence-electron chi connectivity index (χ0n) is 8.68. The van der Waals surface area contributed by atoms with Crippen LogP contribution >= 0.6 is 11.6 Å². The quantitative estimate of drug-likeness (QED) is 0.622. The van der Waals surface area contributed by atoms with Gasteiger partial charge in [-0.15, -0.1) is 11.6 Å². The van der Waals surface area contributed by atoms with Gasteiger partial charge in [-0.05, 0) is 12.1 Å². The topological polar surface area (TPSA) is 35.5 Å². The fourth-order valence-corrected chi connectivity index (χ4v) is 1.38. The number of methoxy groups -OCH3 is 1. The third-order valence-electron chi connectivity index (χ3n) is 1.92. The Morgan fingerprint density at radius 1 is 1.47 bits per heavy atom. The van der Waals surface area contributed by atoms with Crippen molar-refractivity contribution in [1.82, 2.24) is 0 Å². The molecule has 0 fully saturated rings. The first-order chi connectivity index (χ1) is 7.99. The molecule has 1 aromatic rings. The summed E-state index contributed by atoms with van der Waals surface area (Å²) in [6, 6.07) is 1.70. The Labute approximate surface area is 100 Å². The maximum atomic E-state index is 13.4. The molecule has 94 valence electrons. The predicted molar refractivity (Wildman–Crippen MR) is 53.9 cm³/mol. The van der Waals surface area contributed by atoms with Crippen molar-refractivity contribution >= 4 is 17.6 Å². The number of hydrogen-bond acceptors (Lipinski definition) is 3. The molecule has 0 amide bonds. The summed E-state index contributed by atoms with van der Waals surface area (Å²) in [6.07, 6.45) is 0. The lowest BCUT2D eigenvalue weighted by Gasteiger charge is -2.11. The van der Waals surface area contributed by atoms with E-state index < -0.39 is 24.0 Å². The first-order valence-electron chi connectivity index (χ1n) is 4.41. The minimum Gasteiger partial charge on any atom is -0.465 e. The third-order valence-corrected chi connectivity index (χ3v) is 2.20. The highest BCUT2D eigenvalue weighted by Gasteiger charge is 2.18. The molecule has 3 nitrogen and oxygen atoms in total. The van der Waals surface area contributed by atoms with E-state index in [1.807, 2.05) is 0 Å². The van der Waals surface area contributed by atoms with Gasteiger partial charge in [0, 0.05) is 5.56 Å². The van der Waals surface area contributed by atoms with E-state index in [0.717, 1.165) is 19.2 Å². The van der Waals surface area contributed by atoms with Crippen LogP contribution in [0.2, 0.25) is 0 Å². The van der Waals surface area contributed by atoms with Gasteiger partial charge < -0.3 is 9.47 Å². The first-order valence-corrected chi connectivity index (χ1v) is 4.94. The molecule has 0 radical (unpaired) electrons. The average molecular weight is 269 g/mol. The Bertz CT molecular complexity index is 424. The highest BCUT2D eigenvalue weighted by atomic mass is 35.5. The maximum Gasteiger partial charge on any atom is 0.387 e. The number of hydrogen-bond donors (Lipinski definition) is 0. The minimum atomic E-state index is -3.09. The summed E-state index contributed by atoms with van der Waals surface area (Å²) in [5, 5.41) is 0. The number of carbonyl (C=O) groups excluding carboxylic acids is 1. The summed E-state index contributed by atoms with van der Waals surface area (Å²) in [6.45, 7) is -3.09. The van der Waals surface area contributed by atoms with Crippen molar-refractivity contribution in [2.24, 2.45) is 0 Å². The summed E-state index contributed by atoms with van der Waals surface area (Å²) in [5.74, 6) is -2.46. The normalized spacial score (nSPS) is 10.5. The van der Waals surface area contributed by atoms with Crippen LogP contribution in [0.15, 0.2) is 12.1 Å². The van der Waals surface area contributed by atoms with Crippen LogP contribution in [0.5, 0.6) is 5.75 Å². The molecular formula is C10H8ClF3O3. The van der Waals surface area contributed by atoms with E-state index in [-0.39, 0.29) is 17.2 Å². The highest BCUT2D eigenvalue weighted by Crippen LogP contribution is 2.26. The lowest BCUT2D eigenvalue weighted by Crippen LogP contribution is -2.09. The molecule has 1 rings (SSSR count). The van der Waals surface area contributed by atoms with Gasteiger partial charge in [-0.25, -0.2) is 9.18 Å². The van der Waals surface area contributed by atoms with Crippen molar-refractivity contribution in [1.29, 1.82) is 0 Å². The van der Waals surface area contributed by atoms with E-state index in [4.69, 9.17) is 11.6 Å². The zero-order chi connectivity index (χ0) is 13.0. The van der Waals surface area contributed by atoms with Crippen molar-refractivity contribution in [3.05, 3.63) is 29.1 Å². The molecule has 0 aliphatic carbocycles. The van der Waals surface area contributed by atoms with Crippen molar-refractivity contribution in [2.75, 3.05) is 7.11 Å². The number of alkyl halides is 3. The Kier molecular flexibility index (Phi) is 4.62. The standard InChI is InChI=1S/C10H8ClF3O3/c1-16-9(15)6-3-8(17-10(13)14)5(4-11)2-7(6)12/h2-3,10H,4H2,1H3. The number of rotatable bonds is 4. The summed E-state index contributed by atoms with van der Waals surface area (Å²) >= 11 is 5.45. The van der Waals surface area contributed by atoms with E-state index in [9.17, 15) is 18.0 Å². The Hall–Kier alpha value is -1.43. The number of carbonyl (C=O) groups is 1. The van der Waals surface area contributed by atoms with Crippen LogP contribution in [0.3, 0.4) is 0 Å². The molecule has 17 heavy (non-hydrogen) atoms. The molecule has 0 spiro atoms. The molecule has 0 heterocycles. The van der Waals surface area contributed by atoms with Crippen molar-refractivity contribution in [2.45, 2.75) is 12.5 Å². The molecule has 0 aromatic heterocycles. The number of ether oxygens (including phenoxy) is 2. The molecule has 0 atom stereocenters. The molecule has 0 unspecified atom stereocenters. The Morgan fingerprint density at radius 3 is 2.59 bits per heavy atom. The predicted octanol–water partition coefficient (Wildman–Crippen LogP) is 2.95. The Balaban J connectivity index is 3.22. The van der Waals surface area contributed by atoms with Crippen LogP contribution < -0.4 is 4.74 Å². The van der Waals surface area contributed by atoms with Crippen LogP contribution in [0, 0.1) is 5.82 Å². The maximum absolute atomic E-state index is 13.4. The molecule has 0 bridgehead atoms. The fourth-order valence-electron chi connectivity index (χ4n) is 1.17. The molecular weight excluding hydrogens is 261 g/mol. The van der Waals surface area contributed by atoms with E-state index in [0.29, 0.717) is 0 Å². The molecule has 0 saturated carbocycles. The highest BCUT2D eigenvalue weighted by molar-refractivity contribution is 6.17. The van der Waals surface area contributed by atoms with Gasteiger partial charge in [0.25, 0.3) is 0 Å². The first kappa shape index (κ1) is 13.6. The number of halogens is 4. The molecule has 1 aromatic carbocycles. The van der Waals surface area contributed by atoms with Gasteiger partial charge in [-0.3, -0.25) is 0 Å². The van der Waals surface area contributed by atoms with E-state index in [2.05, 4.69) is 9.47 Å². The number of esters is 1. The zero-order valence-corrected chi connectivity index (χ0v) is 9.43. The minimum absolute atomic E-state index is 0.0251. The van der Waals surface area contributed by atoms with E-state index in [1.54, 1.807) is 0 Å². The molecule has 0 aliphatic rings. The second kappa shape index (κ2) is 5.77. The Morgan fingerprint density at radius 2 is 2.12 bits per heavy atom. The van der Waals surface area contributed by atoms with E-state index in [1.165, 1.54) is 0 Å². The summed E-state index contributed by atoms with van der Waals surface area (Å²) in [5.41, 5.74) is -0.464. The van der Waals surface area contributed by atoms with Crippen molar-refractivity contribution in [3.8, 4) is 5.75 Å². The lowest BCUT2D eigenvalue weighted by molar-refractivity contribution is -0.0504. The van der Waals surface area contributed by atoms with Crippen LogP contribution in [-0.2, 0) is 10.6 Å². The van der Waals surface area contributed by atoms with Gasteiger partial charge in [-0.2, -0.15) is 8.78 Å². The lowest BCUT2D eigenvalue weighted by atomic mass is 10.1. The second-order valence-electron chi connectivity index (χ2n) is 2.94. The van der Waals surface area contributed by atoms with Crippen LogP contribution in [-0.4, -0.2) is 19.7 Å². The molecule has 0 saturated heterocycles. The van der Waals surface area contributed by atoms with Gasteiger partial charge in [-0.1, -0.05) is 0 Å². The monoisotopic (exact) mass is 268 g/mol. The average Bonchev–Trinajstić information content (AvgIpc) is 2.29. The number of benzene rings is 1. The van der Waals surface area contributed by atoms with Crippen molar-refractivity contribution in [3.63, 3.8) is 0 Å². The fraction of sp³-hybridized carbons (Fsp3) is 0.300. The smallest absolute Gasteiger partial charge is 0.387 e. The van der Waals surface area contributed by atoms with Crippen molar-refractivity contribution < 1.29 is 27.4 Å². The van der Waals surface area contributed by atoms with Crippen LogP contribution in [0.25, 0.3) is 0 Å². The third kappa shape index (κ3) is 3.26. The SMILES string of the molecule is COC(=O)c1cc(OC(F)F)c(CCl)cc1F. The van der Waals surface area contributed by atoms with Crippen LogP contribution in [0.1, 0.15) is 15.9 Å². The van der Waals surface area contributed by atoms with Gasteiger partial charge >= 0.3 is 12.6 Å². The van der Waals surface area contributed by atoms with Gasteiger partial charge in [0.15, 0.2) is 0 Å². The molecule has 7 heteroatoms. The van der Waals surface area contributed by atoms with E-state index >= 15 is 0 Å². The summed E-state index contributed by atoms with van der Waals surface area (Å²) < 4.78 is 46.0. The largest absolute Gasteiger partial charge is 0.465 e. The second-order valence-corrected chi connectivity index (χ2v) is 3.21. The molecule has 0 N–H and O–H groups in total. The van der Waals surface area contributed by atoms with Gasteiger partial charge in [0.2, 0.25) is 0 Å². The van der Waals surface area contributed by atoms with Gasteiger partial charge in [0.1, 0.15) is 11.6 Å². The molecule has 0 aliphatic heterocycles.